The van der Waals surface area contributed by atoms with E-state index in [1.807, 2.05) is 56.9 Å². The van der Waals surface area contributed by atoms with Gasteiger partial charge in [0.1, 0.15) is 11.5 Å². The van der Waals surface area contributed by atoms with Crippen molar-refractivity contribution in [2.75, 3.05) is 31.1 Å². The van der Waals surface area contributed by atoms with E-state index in [1.54, 1.807) is 10.9 Å². The Bertz CT molecular complexity index is 1120. The SMILES string of the molecule is Cc1cc(C(=O)N2CCN(c3ccc4c(=O)n(C(C)C)cnc4c3)CC2)c(C)o1. The molecule has 0 unspecified atom stereocenters. The summed E-state index contributed by atoms with van der Waals surface area (Å²) in [6.07, 6.45) is 1.62. The Kier molecular flexibility index (Phi) is 4.90. The number of aromatic nitrogens is 2. The highest BCUT2D eigenvalue weighted by molar-refractivity contribution is 5.95. The Morgan fingerprint density at radius 2 is 1.83 bits per heavy atom. The van der Waals surface area contributed by atoms with Crippen LogP contribution < -0.4 is 10.5 Å². The quantitative estimate of drug-likeness (QED) is 0.682. The van der Waals surface area contributed by atoms with E-state index < -0.39 is 0 Å². The number of rotatable bonds is 3. The van der Waals surface area contributed by atoms with Gasteiger partial charge in [0.2, 0.25) is 0 Å². The molecule has 4 rings (SSSR count). The molecule has 0 N–H and O–H groups in total. The predicted molar refractivity (Wildman–Crippen MR) is 113 cm³/mol. The number of carbonyl (C=O) groups excluding carboxylic acids is 1. The molecule has 1 saturated heterocycles. The number of anilines is 1. The molecule has 3 heterocycles. The normalized spacial score (nSPS) is 14.8. The van der Waals surface area contributed by atoms with Gasteiger partial charge in [-0.05, 0) is 52.0 Å². The van der Waals surface area contributed by atoms with Crippen molar-refractivity contribution in [1.82, 2.24) is 14.5 Å². The van der Waals surface area contributed by atoms with Crippen molar-refractivity contribution in [2.24, 2.45) is 0 Å². The summed E-state index contributed by atoms with van der Waals surface area (Å²) >= 11 is 0. The number of carbonyl (C=O) groups is 1. The molecule has 29 heavy (non-hydrogen) atoms. The van der Waals surface area contributed by atoms with Gasteiger partial charge in [-0.2, -0.15) is 0 Å². The monoisotopic (exact) mass is 394 g/mol. The average molecular weight is 394 g/mol. The van der Waals surface area contributed by atoms with Crippen LogP contribution in [0.5, 0.6) is 0 Å². The first kappa shape index (κ1) is 19.2. The summed E-state index contributed by atoms with van der Waals surface area (Å²) in [6, 6.07) is 7.67. The minimum Gasteiger partial charge on any atom is -0.466 e. The third-order valence-corrected chi connectivity index (χ3v) is 5.53. The number of fused-ring (bicyclic) bond motifs is 1. The Labute approximate surface area is 169 Å². The minimum atomic E-state index is -0.0160. The molecule has 0 atom stereocenters. The summed E-state index contributed by atoms with van der Waals surface area (Å²) in [5.74, 6) is 1.45. The van der Waals surface area contributed by atoms with Crippen LogP contribution in [0.25, 0.3) is 10.9 Å². The fourth-order valence-electron chi connectivity index (χ4n) is 3.87. The summed E-state index contributed by atoms with van der Waals surface area (Å²) < 4.78 is 7.14. The number of hydrogen-bond acceptors (Lipinski definition) is 5. The minimum absolute atomic E-state index is 0.0160. The van der Waals surface area contributed by atoms with Gasteiger partial charge in [-0.25, -0.2) is 4.98 Å². The van der Waals surface area contributed by atoms with Crippen LogP contribution in [0, 0.1) is 13.8 Å². The van der Waals surface area contributed by atoms with Gasteiger partial charge < -0.3 is 14.2 Å². The van der Waals surface area contributed by atoms with E-state index in [0.29, 0.717) is 35.3 Å². The third kappa shape index (κ3) is 3.52. The number of hydrogen-bond donors (Lipinski definition) is 0. The lowest BCUT2D eigenvalue weighted by Gasteiger charge is -2.36. The maximum absolute atomic E-state index is 12.8. The van der Waals surface area contributed by atoms with Gasteiger partial charge in [-0.1, -0.05) is 0 Å². The van der Waals surface area contributed by atoms with Gasteiger partial charge in [-0.3, -0.25) is 14.2 Å². The van der Waals surface area contributed by atoms with E-state index >= 15 is 0 Å². The Morgan fingerprint density at radius 1 is 1.10 bits per heavy atom. The largest absolute Gasteiger partial charge is 0.466 e. The lowest BCUT2D eigenvalue weighted by atomic mass is 10.1. The zero-order chi connectivity index (χ0) is 20.7. The molecule has 1 amide bonds. The van der Waals surface area contributed by atoms with Crippen molar-refractivity contribution >= 4 is 22.5 Å². The molecule has 0 saturated carbocycles. The van der Waals surface area contributed by atoms with Crippen LogP contribution >= 0.6 is 0 Å². The smallest absolute Gasteiger partial charge is 0.261 e. The number of nitrogens with zero attached hydrogens (tertiary/aromatic N) is 4. The fraction of sp³-hybridized carbons (Fsp3) is 0.409. The lowest BCUT2D eigenvalue weighted by Crippen LogP contribution is -2.48. The first-order valence-electron chi connectivity index (χ1n) is 9.97. The third-order valence-electron chi connectivity index (χ3n) is 5.53. The van der Waals surface area contributed by atoms with Crippen LogP contribution in [0.1, 0.15) is 41.8 Å². The van der Waals surface area contributed by atoms with Crippen LogP contribution in [-0.2, 0) is 0 Å². The molecule has 0 radical (unpaired) electrons. The van der Waals surface area contributed by atoms with E-state index in [1.165, 1.54) is 0 Å². The zero-order valence-corrected chi connectivity index (χ0v) is 17.3. The number of benzene rings is 1. The topological polar surface area (TPSA) is 71.6 Å². The van der Waals surface area contributed by atoms with Gasteiger partial charge >= 0.3 is 0 Å². The van der Waals surface area contributed by atoms with Gasteiger partial charge in [-0.15, -0.1) is 0 Å². The maximum Gasteiger partial charge on any atom is 0.261 e. The number of furan rings is 1. The molecule has 7 nitrogen and oxygen atoms in total. The first-order chi connectivity index (χ1) is 13.8. The number of aryl methyl sites for hydroxylation is 2. The van der Waals surface area contributed by atoms with Crippen LogP contribution in [0.3, 0.4) is 0 Å². The molecule has 152 valence electrons. The van der Waals surface area contributed by atoms with E-state index in [2.05, 4.69) is 9.88 Å². The average Bonchev–Trinajstić information content (AvgIpc) is 3.05. The Balaban J connectivity index is 1.50. The number of piperazine rings is 1. The first-order valence-corrected chi connectivity index (χ1v) is 9.97. The van der Waals surface area contributed by atoms with Gasteiger partial charge in [0.15, 0.2) is 0 Å². The van der Waals surface area contributed by atoms with Crippen LogP contribution in [0.15, 0.2) is 39.8 Å². The molecule has 0 bridgehead atoms. The molecular weight excluding hydrogens is 368 g/mol. The van der Waals surface area contributed by atoms with Gasteiger partial charge in [0, 0.05) is 37.9 Å². The highest BCUT2D eigenvalue weighted by Gasteiger charge is 2.25. The number of amides is 1. The van der Waals surface area contributed by atoms with Crippen molar-refractivity contribution < 1.29 is 9.21 Å². The highest BCUT2D eigenvalue weighted by atomic mass is 16.3. The molecule has 2 aromatic heterocycles. The Hall–Kier alpha value is -3.09. The summed E-state index contributed by atoms with van der Waals surface area (Å²) in [4.78, 5) is 33.9. The van der Waals surface area contributed by atoms with Crippen LogP contribution in [0.2, 0.25) is 0 Å². The molecular formula is C22H26N4O3. The standard InChI is InChI=1S/C22H26N4O3/c1-14(2)26-13-23-20-12-17(5-6-18(20)22(26)28)24-7-9-25(10-8-24)21(27)19-11-15(3)29-16(19)4/h5-6,11-14H,7-10H2,1-4H3. The molecule has 0 spiro atoms. The van der Waals surface area contributed by atoms with Gasteiger partial charge in [0.25, 0.3) is 11.5 Å². The molecule has 1 aliphatic heterocycles. The van der Waals surface area contributed by atoms with Crippen molar-refractivity contribution in [3.05, 3.63) is 58.0 Å². The van der Waals surface area contributed by atoms with Crippen molar-refractivity contribution in [2.45, 2.75) is 33.7 Å². The van der Waals surface area contributed by atoms with E-state index in [0.717, 1.165) is 24.5 Å². The molecule has 0 aliphatic carbocycles. The summed E-state index contributed by atoms with van der Waals surface area (Å²) in [5.41, 5.74) is 2.35. The molecule has 1 aromatic carbocycles. The lowest BCUT2D eigenvalue weighted by molar-refractivity contribution is 0.0745. The fourth-order valence-corrected chi connectivity index (χ4v) is 3.87. The van der Waals surface area contributed by atoms with E-state index in [9.17, 15) is 9.59 Å². The molecule has 3 aromatic rings. The highest BCUT2D eigenvalue weighted by Crippen LogP contribution is 2.22. The van der Waals surface area contributed by atoms with Crippen molar-refractivity contribution in [1.29, 1.82) is 0 Å². The van der Waals surface area contributed by atoms with E-state index in [-0.39, 0.29) is 17.5 Å². The summed E-state index contributed by atoms with van der Waals surface area (Å²) in [7, 11) is 0. The van der Waals surface area contributed by atoms with Crippen molar-refractivity contribution in [3.63, 3.8) is 0 Å². The summed E-state index contributed by atoms with van der Waals surface area (Å²) in [6.45, 7) is 10.4. The van der Waals surface area contributed by atoms with Crippen LogP contribution in [-0.4, -0.2) is 46.5 Å². The second-order valence-electron chi connectivity index (χ2n) is 7.86. The van der Waals surface area contributed by atoms with Crippen LogP contribution in [0.4, 0.5) is 5.69 Å². The van der Waals surface area contributed by atoms with Crippen molar-refractivity contribution in [3.8, 4) is 0 Å². The second kappa shape index (κ2) is 7.39. The second-order valence-corrected chi connectivity index (χ2v) is 7.86. The molecule has 7 heteroatoms. The maximum atomic E-state index is 12.8. The van der Waals surface area contributed by atoms with Gasteiger partial charge in [0.05, 0.1) is 22.8 Å². The molecule has 1 aliphatic rings. The zero-order valence-electron chi connectivity index (χ0n) is 17.3. The predicted octanol–water partition coefficient (Wildman–Crippen LogP) is 3.15. The molecule has 1 fully saturated rings. The van der Waals surface area contributed by atoms with E-state index in [4.69, 9.17) is 4.42 Å². The summed E-state index contributed by atoms with van der Waals surface area (Å²) in [5, 5.41) is 0.629. The Morgan fingerprint density at radius 3 is 2.45 bits per heavy atom.